The number of nitrogens with zero attached hydrogens (tertiary/aromatic N) is 4. The first-order chi connectivity index (χ1) is 16.0. The van der Waals surface area contributed by atoms with E-state index in [0.717, 1.165) is 31.9 Å². The fourth-order valence-corrected chi connectivity index (χ4v) is 4.84. The van der Waals surface area contributed by atoms with Crippen molar-refractivity contribution in [2.75, 3.05) is 26.2 Å². The molecule has 2 unspecified atom stereocenters. The van der Waals surface area contributed by atoms with Gasteiger partial charge in [0.2, 0.25) is 0 Å². The van der Waals surface area contributed by atoms with Gasteiger partial charge in [-0.3, -0.25) is 9.59 Å². The van der Waals surface area contributed by atoms with Gasteiger partial charge in [-0.05, 0) is 60.4 Å². The molecular weight excluding hydrogens is 423 g/mol. The number of nitrogens with one attached hydrogen (secondary N) is 2. The largest absolute Gasteiger partial charge is 0.338 e. The van der Waals surface area contributed by atoms with Gasteiger partial charge in [-0.1, -0.05) is 5.21 Å². The number of carbonyl (C=O) groups is 1. The second-order valence-electron chi connectivity index (χ2n) is 8.73. The van der Waals surface area contributed by atoms with Gasteiger partial charge in [-0.2, -0.15) is 0 Å². The molecule has 2 N–H and O–H groups in total. The molecule has 0 aliphatic carbocycles. The highest BCUT2D eigenvalue weighted by atomic mass is 19.1. The molecule has 2 fully saturated rings. The van der Waals surface area contributed by atoms with Gasteiger partial charge in [0, 0.05) is 42.6 Å². The van der Waals surface area contributed by atoms with Crippen LogP contribution in [0.2, 0.25) is 0 Å². The number of hydrogen-bond acceptors (Lipinski definition) is 5. The topological polar surface area (TPSA) is 95.9 Å². The lowest BCUT2D eigenvalue weighted by Crippen LogP contribution is -2.31. The van der Waals surface area contributed by atoms with E-state index in [4.69, 9.17) is 0 Å². The Morgan fingerprint density at radius 2 is 1.79 bits per heavy atom. The quantitative estimate of drug-likeness (QED) is 0.505. The van der Waals surface area contributed by atoms with Crippen molar-refractivity contribution in [3.8, 4) is 16.9 Å². The number of pyridine rings is 1. The Balaban J connectivity index is 1.24. The third-order valence-corrected chi connectivity index (χ3v) is 6.63. The van der Waals surface area contributed by atoms with E-state index in [0.29, 0.717) is 39.6 Å². The van der Waals surface area contributed by atoms with Gasteiger partial charge in [0.05, 0.1) is 17.4 Å². The number of carbonyl (C=O) groups excluding carboxylic acids is 1. The number of fused-ring (bicyclic) bond motifs is 2. The summed E-state index contributed by atoms with van der Waals surface area (Å²) in [6, 6.07) is 13.0. The SMILES string of the molecule is O=C(c1ccc(-n2cc(-c3cc4cc(F)ccc4[nH]c3=O)nn2)cc1)N1CC2CNCC2C1. The summed E-state index contributed by atoms with van der Waals surface area (Å²) in [4.78, 5) is 30.1. The zero-order valence-electron chi connectivity index (χ0n) is 17.7. The third-order valence-electron chi connectivity index (χ3n) is 6.63. The summed E-state index contributed by atoms with van der Waals surface area (Å²) in [5, 5.41) is 12.2. The van der Waals surface area contributed by atoms with Crippen molar-refractivity contribution in [1.29, 1.82) is 0 Å². The molecule has 9 heteroatoms. The summed E-state index contributed by atoms with van der Waals surface area (Å²) in [5.74, 6) is 0.769. The van der Waals surface area contributed by atoms with Gasteiger partial charge in [0.1, 0.15) is 11.5 Å². The number of amides is 1. The van der Waals surface area contributed by atoms with Crippen molar-refractivity contribution in [3.05, 3.63) is 76.5 Å². The summed E-state index contributed by atoms with van der Waals surface area (Å²) in [6.45, 7) is 3.57. The molecule has 2 aromatic carbocycles. The lowest BCUT2D eigenvalue weighted by atomic mass is 10.0. The number of likely N-dealkylation sites (tertiary alicyclic amines) is 1. The average Bonchev–Trinajstić information content (AvgIpc) is 3.55. The summed E-state index contributed by atoms with van der Waals surface area (Å²) >= 11 is 0. The van der Waals surface area contributed by atoms with Crippen LogP contribution in [0.5, 0.6) is 0 Å². The second-order valence-corrected chi connectivity index (χ2v) is 8.73. The van der Waals surface area contributed by atoms with Crippen LogP contribution in [0.25, 0.3) is 27.8 Å². The Morgan fingerprint density at radius 3 is 2.55 bits per heavy atom. The monoisotopic (exact) mass is 444 g/mol. The fraction of sp³-hybridized carbons (Fsp3) is 0.250. The molecule has 4 aromatic rings. The normalized spacial score (nSPS) is 19.8. The predicted molar refractivity (Wildman–Crippen MR) is 121 cm³/mol. The molecule has 33 heavy (non-hydrogen) atoms. The van der Waals surface area contributed by atoms with Crippen LogP contribution in [0.3, 0.4) is 0 Å². The number of hydrogen-bond donors (Lipinski definition) is 2. The van der Waals surface area contributed by atoms with Crippen LogP contribution in [-0.2, 0) is 0 Å². The Labute approximate surface area is 188 Å². The Bertz CT molecular complexity index is 1420. The first kappa shape index (κ1) is 19.8. The van der Waals surface area contributed by atoms with Crippen LogP contribution in [0.4, 0.5) is 4.39 Å². The van der Waals surface area contributed by atoms with Crippen LogP contribution in [0, 0.1) is 17.7 Å². The zero-order valence-corrected chi connectivity index (χ0v) is 17.7. The number of aromatic nitrogens is 4. The zero-order chi connectivity index (χ0) is 22.5. The number of H-pyrrole nitrogens is 1. The van der Waals surface area contributed by atoms with Crippen molar-refractivity contribution < 1.29 is 9.18 Å². The maximum Gasteiger partial charge on any atom is 0.258 e. The minimum atomic E-state index is -0.382. The van der Waals surface area contributed by atoms with Crippen molar-refractivity contribution in [2.45, 2.75) is 0 Å². The first-order valence-corrected chi connectivity index (χ1v) is 10.9. The van der Waals surface area contributed by atoms with Crippen LogP contribution in [0.15, 0.2) is 59.5 Å². The smallest absolute Gasteiger partial charge is 0.258 e. The average molecular weight is 444 g/mol. The fourth-order valence-electron chi connectivity index (χ4n) is 4.84. The van der Waals surface area contributed by atoms with E-state index in [2.05, 4.69) is 20.6 Å². The molecule has 1 amide bonds. The van der Waals surface area contributed by atoms with E-state index >= 15 is 0 Å². The molecule has 2 aromatic heterocycles. The van der Waals surface area contributed by atoms with E-state index in [1.54, 1.807) is 29.1 Å². The van der Waals surface area contributed by atoms with Gasteiger partial charge in [0.25, 0.3) is 11.5 Å². The lowest BCUT2D eigenvalue weighted by molar-refractivity contribution is 0.0781. The minimum absolute atomic E-state index is 0.0464. The van der Waals surface area contributed by atoms with E-state index in [1.807, 2.05) is 17.0 Å². The van der Waals surface area contributed by atoms with Crippen LogP contribution in [0.1, 0.15) is 10.4 Å². The molecule has 4 heterocycles. The van der Waals surface area contributed by atoms with Crippen molar-refractivity contribution >= 4 is 16.8 Å². The van der Waals surface area contributed by atoms with Gasteiger partial charge in [-0.25, -0.2) is 9.07 Å². The highest BCUT2D eigenvalue weighted by Gasteiger charge is 2.38. The van der Waals surface area contributed by atoms with Crippen molar-refractivity contribution in [3.63, 3.8) is 0 Å². The maximum atomic E-state index is 13.6. The minimum Gasteiger partial charge on any atom is -0.338 e. The molecule has 0 spiro atoms. The molecule has 0 saturated carbocycles. The predicted octanol–water partition coefficient (Wildman–Crippen LogP) is 2.21. The van der Waals surface area contributed by atoms with Crippen LogP contribution >= 0.6 is 0 Å². The van der Waals surface area contributed by atoms with E-state index < -0.39 is 0 Å². The van der Waals surface area contributed by atoms with Crippen molar-refractivity contribution in [2.24, 2.45) is 11.8 Å². The summed E-state index contributed by atoms with van der Waals surface area (Å²) < 4.78 is 15.1. The maximum absolute atomic E-state index is 13.6. The molecule has 6 rings (SSSR count). The molecule has 8 nitrogen and oxygen atoms in total. The van der Waals surface area contributed by atoms with Gasteiger partial charge >= 0.3 is 0 Å². The Kier molecular flexibility index (Phi) is 4.58. The molecule has 2 aliphatic heterocycles. The summed E-state index contributed by atoms with van der Waals surface area (Å²) in [5.41, 5.74) is 2.26. The highest BCUT2D eigenvalue weighted by molar-refractivity contribution is 5.94. The number of aromatic amines is 1. The Morgan fingerprint density at radius 1 is 1.03 bits per heavy atom. The molecule has 0 bridgehead atoms. The van der Waals surface area contributed by atoms with Gasteiger partial charge < -0.3 is 15.2 Å². The second kappa shape index (κ2) is 7.63. The lowest BCUT2D eigenvalue weighted by Gasteiger charge is -2.17. The van der Waals surface area contributed by atoms with Crippen LogP contribution < -0.4 is 10.9 Å². The number of benzene rings is 2. The molecule has 2 aliphatic rings. The summed E-state index contributed by atoms with van der Waals surface area (Å²) in [7, 11) is 0. The molecule has 2 atom stereocenters. The molecule has 2 saturated heterocycles. The van der Waals surface area contributed by atoms with Crippen LogP contribution in [-0.4, -0.2) is 57.0 Å². The van der Waals surface area contributed by atoms with E-state index in [1.165, 1.54) is 18.2 Å². The molecule has 0 radical (unpaired) electrons. The standard InChI is InChI=1S/C24H21FN6O2/c25-18-3-6-21-15(7-18)8-20(23(32)27-21)22-13-31(29-28-22)19-4-1-14(2-5-19)24(33)30-11-16-9-26-10-17(16)12-30/h1-8,13,16-17,26H,9-12H2,(H,27,32). The van der Waals surface area contributed by atoms with Crippen molar-refractivity contribution in [1.82, 2.24) is 30.2 Å². The third kappa shape index (κ3) is 3.50. The van der Waals surface area contributed by atoms with Gasteiger partial charge in [-0.15, -0.1) is 5.10 Å². The van der Waals surface area contributed by atoms with E-state index in [-0.39, 0.29) is 17.3 Å². The first-order valence-electron chi connectivity index (χ1n) is 10.9. The molecular formula is C24H21FN6O2. The van der Waals surface area contributed by atoms with E-state index in [9.17, 15) is 14.0 Å². The highest BCUT2D eigenvalue weighted by Crippen LogP contribution is 2.27. The number of rotatable bonds is 3. The number of halogens is 1. The summed E-state index contributed by atoms with van der Waals surface area (Å²) in [6.07, 6.45) is 1.64. The molecule has 166 valence electrons. The van der Waals surface area contributed by atoms with Gasteiger partial charge in [0.15, 0.2) is 0 Å². The Hall–Kier alpha value is -3.85.